The molecule has 0 saturated carbocycles. The number of rotatable bonds is 8. The summed E-state index contributed by atoms with van der Waals surface area (Å²) in [6.45, 7) is 0.337. The Labute approximate surface area is 142 Å². The van der Waals surface area contributed by atoms with Gasteiger partial charge in [-0.3, -0.25) is 19.2 Å². The van der Waals surface area contributed by atoms with Crippen molar-refractivity contribution in [3.05, 3.63) is 0 Å². The number of carbonyl (C=O) groups is 6. The van der Waals surface area contributed by atoms with Crippen LogP contribution < -0.4 is 16.0 Å². The van der Waals surface area contributed by atoms with E-state index in [0.29, 0.717) is 5.06 Å². The van der Waals surface area contributed by atoms with Crippen LogP contribution in [0.1, 0.15) is 19.8 Å². The third kappa shape index (κ3) is 7.28. The Balaban J connectivity index is 2.18. The highest BCUT2D eigenvalue weighted by Gasteiger charge is 2.32. The molecule has 3 N–H and O–H groups in total. The molecule has 0 aromatic heterocycles. The summed E-state index contributed by atoms with van der Waals surface area (Å²) in [6.07, 6.45) is -0.842. The maximum atomic E-state index is 11.5. The lowest BCUT2D eigenvalue weighted by molar-refractivity contribution is -0.196. The van der Waals surface area contributed by atoms with Crippen LogP contribution in [-0.2, 0) is 33.5 Å². The first-order valence-electron chi connectivity index (χ1n) is 7.34. The molecule has 0 aromatic carbocycles. The van der Waals surface area contributed by atoms with Crippen LogP contribution in [0.2, 0.25) is 0 Å². The second-order valence-corrected chi connectivity index (χ2v) is 4.67. The van der Waals surface area contributed by atoms with Crippen molar-refractivity contribution in [3.8, 4) is 0 Å². The van der Waals surface area contributed by atoms with Gasteiger partial charge in [-0.15, -0.1) is 5.06 Å². The fraction of sp³-hybridized carbons (Fsp3) is 0.538. The minimum Gasteiger partial charge on any atom is -0.450 e. The number of hydrogen-bond acceptors (Lipinski definition) is 8. The van der Waals surface area contributed by atoms with Gasteiger partial charge in [0.25, 0.3) is 11.8 Å². The highest BCUT2D eigenvalue weighted by Crippen LogP contribution is 2.11. The van der Waals surface area contributed by atoms with E-state index in [4.69, 9.17) is 0 Å². The van der Waals surface area contributed by atoms with E-state index >= 15 is 0 Å². The molecular formula is C13H18N4O8. The molecule has 138 valence electrons. The number of nitrogens with zero attached hydrogens (tertiary/aromatic N) is 1. The molecule has 0 aliphatic carbocycles. The first kappa shape index (κ1) is 19.9. The topological polar surface area (TPSA) is 160 Å². The number of carbonyl (C=O) groups excluding carboxylic acids is 6. The van der Waals surface area contributed by atoms with Gasteiger partial charge in [0, 0.05) is 12.8 Å². The van der Waals surface area contributed by atoms with Crippen LogP contribution in [0, 0.1) is 0 Å². The largest absolute Gasteiger partial charge is 0.450 e. The normalized spacial score (nSPS) is 13.2. The molecule has 1 rings (SSSR count). The van der Waals surface area contributed by atoms with E-state index in [2.05, 4.69) is 25.5 Å². The van der Waals surface area contributed by atoms with E-state index < -0.39 is 48.8 Å². The van der Waals surface area contributed by atoms with E-state index in [0.717, 1.165) is 0 Å². The van der Waals surface area contributed by atoms with Gasteiger partial charge in [-0.25, -0.2) is 9.59 Å². The van der Waals surface area contributed by atoms with Crippen LogP contribution in [-0.4, -0.2) is 67.0 Å². The fourth-order valence-electron chi connectivity index (χ4n) is 1.60. The summed E-state index contributed by atoms with van der Waals surface area (Å²) >= 11 is 0. The average molecular weight is 358 g/mol. The molecule has 5 amide bonds. The summed E-state index contributed by atoms with van der Waals surface area (Å²) in [5.41, 5.74) is 0. The molecule has 1 heterocycles. The third-order valence-corrected chi connectivity index (χ3v) is 2.74. The summed E-state index contributed by atoms with van der Waals surface area (Å²) in [6, 6.07) is 0. The van der Waals surface area contributed by atoms with Gasteiger partial charge in [0.2, 0.25) is 11.8 Å². The molecule has 0 aromatic rings. The monoisotopic (exact) mass is 358 g/mol. The maximum absolute atomic E-state index is 11.5. The van der Waals surface area contributed by atoms with Crippen LogP contribution in [0.3, 0.4) is 0 Å². The van der Waals surface area contributed by atoms with Gasteiger partial charge in [-0.2, -0.15) is 0 Å². The van der Waals surface area contributed by atoms with Crippen LogP contribution in [0.5, 0.6) is 0 Å². The van der Waals surface area contributed by atoms with E-state index in [1.165, 1.54) is 0 Å². The number of amides is 5. The van der Waals surface area contributed by atoms with Crippen molar-refractivity contribution in [2.45, 2.75) is 19.8 Å². The fourth-order valence-corrected chi connectivity index (χ4v) is 1.60. The molecule has 0 radical (unpaired) electrons. The lowest BCUT2D eigenvalue weighted by atomic mass is 10.4. The third-order valence-electron chi connectivity index (χ3n) is 2.74. The van der Waals surface area contributed by atoms with Crippen LogP contribution in [0.15, 0.2) is 0 Å². The lowest BCUT2D eigenvalue weighted by Crippen LogP contribution is -2.44. The minimum absolute atomic E-state index is 0.0374. The predicted octanol–water partition coefficient (Wildman–Crippen LogP) is -2.43. The van der Waals surface area contributed by atoms with Gasteiger partial charge in [-0.05, 0) is 6.92 Å². The summed E-state index contributed by atoms with van der Waals surface area (Å²) in [4.78, 5) is 72.2. The lowest BCUT2D eigenvalue weighted by Gasteiger charge is -2.13. The van der Waals surface area contributed by atoms with Crippen molar-refractivity contribution in [3.63, 3.8) is 0 Å². The molecule has 0 bridgehead atoms. The number of nitrogens with one attached hydrogen (secondary N) is 3. The number of alkyl carbamates (subject to hydrolysis) is 1. The average Bonchev–Trinajstić information content (AvgIpc) is 2.88. The van der Waals surface area contributed by atoms with Crippen LogP contribution >= 0.6 is 0 Å². The van der Waals surface area contributed by atoms with Gasteiger partial charge < -0.3 is 25.5 Å². The molecule has 0 atom stereocenters. The second kappa shape index (κ2) is 9.85. The van der Waals surface area contributed by atoms with Crippen LogP contribution in [0.25, 0.3) is 0 Å². The second-order valence-electron chi connectivity index (χ2n) is 4.67. The Kier molecular flexibility index (Phi) is 7.82. The summed E-state index contributed by atoms with van der Waals surface area (Å²) < 4.78 is 4.54. The molecule has 12 nitrogen and oxygen atoms in total. The Bertz CT molecular complexity index is 560. The molecule has 1 fully saturated rings. The molecule has 0 spiro atoms. The minimum atomic E-state index is -1.01. The molecule has 25 heavy (non-hydrogen) atoms. The quantitative estimate of drug-likeness (QED) is 0.404. The number of hydroxylamine groups is 2. The van der Waals surface area contributed by atoms with Crippen molar-refractivity contribution in [2.24, 2.45) is 0 Å². The van der Waals surface area contributed by atoms with Gasteiger partial charge in [0.1, 0.15) is 13.1 Å². The Morgan fingerprint density at radius 3 is 2.00 bits per heavy atom. The number of imide groups is 1. The Hall–Kier alpha value is -3.18. The van der Waals surface area contributed by atoms with Gasteiger partial charge in [-0.1, -0.05) is 0 Å². The van der Waals surface area contributed by atoms with Crippen LogP contribution in [0.4, 0.5) is 4.79 Å². The Morgan fingerprint density at radius 2 is 1.44 bits per heavy atom. The number of hydrogen-bond donors (Lipinski definition) is 3. The van der Waals surface area contributed by atoms with Crippen molar-refractivity contribution < 1.29 is 38.3 Å². The van der Waals surface area contributed by atoms with Gasteiger partial charge in [0.05, 0.1) is 13.2 Å². The highest BCUT2D eigenvalue weighted by atomic mass is 16.7. The van der Waals surface area contributed by atoms with E-state index in [-0.39, 0.29) is 26.0 Å². The SMILES string of the molecule is CCOC(=O)NCC(=O)NCC(=O)NCC(=O)ON1C(=O)CCC1=O. The first-order valence-corrected chi connectivity index (χ1v) is 7.34. The Morgan fingerprint density at radius 1 is 0.920 bits per heavy atom. The van der Waals surface area contributed by atoms with E-state index in [1.54, 1.807) is 6.92 Å². The first-order chi connectivity index (χ1) is 11.8. The van der Waals surface area contributed by atoms with Crippen molar-refractivity contribution >= 4 is 35.7 Å². The molecule has 0 unspecified atom stereocenters. The zero-order valence-electron chi connectivity index (χ0n) is 13.5. The molecule has 12 heteroatoms. The maximum Gasteiger partial charge on any atom is 0.407 e. The molecule has 1 aliphatic heterocycles. The smallest absolute Gasteiger partial charge is 0.407 e. The summed E-state index contributed by atoms with van der Waals surface area (Å²) in [5, 5.41) is 6.85. The van der Waals surface area contributed by atoms with E-state index in [9.17, 15) is 28.8 Å². The zero-order valence-corrected chi connectivity index (χ0v) is 13.5. The van der Waals surface area contributed by atoms with E-state index in [1.807, 2.05) is 0 Å². The highest BCUT2D eigenvalue weighted by molar-refractivity contribution is 6.01. The predicted molar refractivity (Wildman–Crippen MR) is 78.2 cm³/mol. The van der Waals surface area contributed by atoms with Gasteiger partial charge >= 0.3 is 12.1 Å². The zero-order chi connectivity index (χ0) is 18.8. The van der Waals surface area contributed by atoms with Gasteiger partial charge in [0.15, 0.2) is 0 Å². The van der Waals surface area contributed by atoms with Crippen molar-refractivity contribution in [1.82, 2.24) is 21.0 Å². The molecular weight excluding hydrogens is 340 g/mol. The number of ether oxygens (including phenoxy) is 1. The summed E-state index contributed by atoms with van der Waals surface area (Å²) in [7, 11) is 0. The molecule has 1 aliphatic rings. The standard InChI is InChI=1S/C13H18N4O8/c1-2-24-13(23)16-6-9(19)14-5-8(18)15-7-12(22)25-17-10(20)3-4-11(17)21/h2-7H2,1H3,(H,14,19)(H,15,18)(H,16,23). The van der Waals surface area contributed by atoms with Crippen molar-refractivity contribution in [2.75, 3.05) is 26.2 Å². The summed E-state index contributed by atoms with van der Waals surface area (Å²) in [5.74, 6) is -3.62. The molecule has 1 saturated heterocycles. The van der Waals surface area contributed by atoms with Crippen molar-refractivity contribution in [1.29, 1.82) is 0 Å².